The maximum absolute atomic E-state index is 12.1. The van der Waals surface area contributed by atoms with E-state index in [1.165, 1.54) is 0 Å². The predicted octanol–water partition coefficient (Wildman–Crippen LogP) is 1.94. The van der Waals surface area contributed by atoms with Gasteiger partial charge in [-0.3, -0.25) is 4.79 Å². The standard InChI is InChI=1S/C15H25N3O3/c1-5-7-10(3)17-14(19)11(4)21-15(20)13-8-12(16)9-18(13)6-2/h8-11H,5-7,16H2,1-4H3,(H,17,19). The van der Waals surface area contributed by atoms with Crippen molar-refractivity contribution < 1.29 is 14.3 Å². The molecule has 0 saturated carbocycles. The summed E-state index contributed by atoms with van der Waals surface area (Å²) in [5, 5.41) is 2.82. The lowest BCUT2D eigenvalue weighted by Crippen LogP contribution is -2.40. The van der Waals surface area contributed by atoms with E-state index in [-0.39, 0.29) is 11.9 Å². The zero-order valence-corrected chi connectivity index (χ0v) is 13.2. The van der Waals surface area contributed by atoms with Gasteiger partial charge in [-0.1, -0.05) is 13.3 Å². The van der Waals surface area contributed by atoms with E-state index in [9.17, 15) is 9.59 Å². The van der Waals surface area contributed by atoms with E-state index in [2.05, 4.69) is 12.2 Å². The molecular formula is C15H25N3O3. The highest BCUT2D eigenvalue weighted by atomic mass is 16.5. The van der Waals surface area contributed by atoms with Crippen LogP contribution in [0.4, 0.5) is 5.69 Å². The lowest BCUT2D eigenvalue weighted by atomic mass is 10.2. The fourth-order valence-electron chi connectivity index (χ4n) is 2.11. The van der Waals surface area contributed by atoms with E-state index >= 15 is 0 Å². The zero-order valence-electron chi connectivity index (χ0n) is 13.2. The van der Waals surface area contributed by atoms with Gasteiger partial charge in [0, 0.05) is 18.8 Å². The zero-order chi connectivity index (χ0) is 16.0. The molecular weight excluding hydrogens is 270 g/mol. The largest absolute Gasteiger partial charge is 0.448 e. The second-order valence-corrected chi connectivity index (χ2v) is 5.19. The molecule has 0 spiro atoms. The molecule has 1 heterocycles. The first kappa shape index (κ1) is 17.1. The summed E-state index contributed by atoms with van der Waals surface area (Å²) in [5.74, 6) is -0.828. The van der Waals surface area contributed by atoms with E-state index in [0.29, 0.717) is 17.9 Å². The average molecular weight is 295 g/mol. The lowest BCUT2D eigenvalue weighted by molar-refractivity contribution is -0.129. The molecule has 6 nitrogen and oxygen atoms in total. The first-order valence-electron chi connectivity index (χ1n) is 7.36. The first-order valence-corrected chi connectivity index (χ1v) is 7.36. The van der Waals surface area contributed by atoms with Crippen LogP contribution in [0.5, 0.6) is 0 Å². The number of carbonyl (C=O) groups is 2. The molecule has 1 aromatic heterocycles. The summed E-state index contributed by atoms with van der Waals surface area (Å²) < 4.78 is 6.90. The van der Waals surface area contributed by atoms with E-state index in [1.807, 2.05) is 13.8 Å². The Morgan fingerprint density at radius 2 is 2.05 bits per heavy atom. The number of nitrogens with one attached hydrogen (secondary N) is 1. The Morgan fingerprint density at radius 3 is 2.62 bits per heavy atom. The van der Waals surface area contributed by atoms with E-state index < -0.39 is 12.1 Å². The molecule has 1 aromatic rings. The van der Waals surface area contributed by atoms with Crippen LogP contribution in [0.3, 0.4) is 0 Å². The molecule has 1 amide bonds. The van der Waals surface area contributed by atoms with Crippen molar-refractivity contribution in [1.82, 2.24) is 9.88 Å². The van der Waals surface area contributed by atoms with Gasteiger partial charge in [0.15, 0.2) is 6.10 Å². The van der Waals surface area contributed by atoms with Gasteiger partial charge in [0.2, 0.25) is 0 Å². The van der Waals surface area contributed by atoms with Crippen LogP contribution in [0.2, 0.25) is 0 Å². The number of nitrogen functional groups attached to an aromatic ring is 1. The summed E-state index contributed by atoms with van der Waals surface area (Å²) in [4.78, 5) is 24.0. The molecule has 0 aromatic carbocycles. The van der Waals surface area contributed by atoms with Gasteiger partial charge in [0.25, 0.3) is 5.91 Å². The van der Waals surface area contributed by atoms with Crippen LogP contribution in [0, 0.1) is 0 Å². The van der Waals surface area contributed by atoms with Crippen molar-refractivity contribution in [3.8, 4) is 0 Å². The summed E-state index contributed by atoms with van der Waals surface area (Å²) in [6, 6.07) is 1.62. The number of hydrogen-bond acceptors (Lipinski definition) is 4. The molecule has 1 rings (SSSR count). The monoisotopic (exact) mass is 295 g/mol. The number of aromatic nitrogens is 1. The fourth-order valence-corrected chi connectivity index (χ4v) is 2.11. The van der Waals surface area contributed by atoms with Crippen molar-refractivity contribution >= 4 is 17.6 Å². The molecule has 0 aliphatic heterocycles. The highest BCUT2D eigenvalue weighted by molar-refractivity contribution is 5.92. The number of aryl methyl sites for hydroxylation is 1. The Kier molecular flexibility index (Phi) is 6.27. The maximum atomic E-state index is 12.1. The fraction of sp³-hybridized carbons (Fsp3) is 0.600. The van der Waals surface area contributed by atoms with Crippen LogP contribution in [0.25, 0.3) is 0 Å². The molecule has 3 N–H and O–H groups in total. The number of esters is 1. The minimum atomic E-state index is -0.835. The summed E-state index contributed by atoms with van der Waals surface area (Å²) in [6.45, 7) is 8.05. The summed E-state index contributed by atoms with van der Waals surface area (Å²) >= 11 is 0. The topological polar surface area (TPSA) is 86.3 Å². The van der Waals surface area contributed by atoms with Gasteiger partial charge in [-0.25, -0.2) is 4.79 Å². The van der Waals surface area contributed by atoms with Gasteiger partial charge in [-0.2, -0.15) is 0 Å². The first-order chi connectivity index (χ1) is 9.88. The van der Waals surface area contributed by atoms with Gasteiger partial charge >= 0.3 is 5.97 Å². The van der Waals surface area contributed by atoms with Gasteiger partial charge < -0.3 is 20.4 Å². The van der Waals surface area contributed by atoms with E-state index in [4.69, 9.17) is 10.5 Å². The van der Waals surface area contributed by atoms with E-state index in [0.717, 1.165) is 12.8 Å². The molecule has 0 aliphatic rings. The Labute approximate surface area is 125 Å². The van der Waals surface area contributed by atoms with Gasteiger partial charge in [0.1, 0.15) is 5.69 Å². The average Bonchev–Trinajstić information content (AvgIpc) is 2.80. The minimum absolute atomic E-state index is 0.0683. The van der Waals surface area contributed by atoms with Crippen molar-refractivity contribution in [3.05, 3.63) is 18.0 Å². The van der Waals surface area contributed by atoms with Crippen molar-refractivity contribution in [2.45, 2.75) is 59.2 Å². The maximum Gasteiger partial charge on any atom is 0.355 e. The molecule has 0 saturated heterocycles. The quantitative estimate of drug-likeness (QED) is 0.753. The second-order valence-electron chi connectivity index (χ2n) is 5.19. The number of anilines is 1. The number of nitrogens with zero attached hydrogens (tertiary/aromatic N) is 1. The lowest BCUT2D eigenvalue weighted by Gasteiger charge is -2.17. The molecule has 6 heteroatoms. The van der Waals surface area contributed by atoms with Crippen molar-refractivity contribution in [2.75, 3.05) is 5.73 Å². The van der Waals surface area contributed by atoms with Crippen molar-refractivity contribution in [1.29, 1.82) is 0 Å². The van der Waals surface area contributed by atoms with Crippen LogP contribution in [-0.2, 0) is 16.1 Å². The molecule has 0 bridgehead atoms. The number of ether oxygens (including phenoxy) is 1. The Morgan fingerprint density at radius 1 is 1.38 bits per heavy atom. The highest BCUT2D eigenvalue weighted by Crippen LogP contribution is 2.13. The molecule has 118 valence electrons. The summed E-state index contributed by atoms with van der Waals surface area (Å²) in [7, 11) is 0. The minimum Gasteiger partial charge on any atom is -0.448 e. The molecule has 21 heavy (non-hydrogen) atoms. The van der Waals surface area contributed by atoms with Gasteiger partial charge in [-0.05, 0) is 33.3 Å². The third-order valence-electron chi connectivity index (χ3n) is 3.23. The number of carbonyl (C=O) groups excluding carboxylic acids is 2. The summed E-state index contributed by atoms with van der Waals surface area (Å²) in [6.07, 6.45) is 2.71. The van der Waals surface area contributed by atoms with Crippen molar-refractivity contribution in [2.24, 2.45) is 0 Å². The SMILES string of the molecule is CCCC(C)NC(=O)C(C)OC(=O)c1cc(N)cn1CC. The number of amides is 1. The third kappa shape index (κ3) is 4.81. The molecule has 2 unspecified atom stereocenters. The highest BCUT2D eigenvalue weighted by Gasteiger charge is 2.22. The summed E-state index contributed by atoms with van der Waals surface area (Å²) in [5.41, 5.74) is 6.53. The normalized spacial score (nSPS) is 13.5. The second kappa shape index (κ2) is 7.71. The Balaban J connectivity index is 2.63. The molecule has 0 fully saturated rings. The number of nitrogens with two attached hydrogens (primary N) is 1. The number of rotatable bonds is 7. The molecule has 0 aliphatic carbocycles. The smallest absolute Gasteiger partial charge is 0.355 e. The van der Waals surface area contributed by atoms with Crippen LogP contribution >= 0.6 is 0 Å². The van der Waals surface area contributed by atoms with Crippen LogP contribution in [0.15, 0.2) is 12.3 Å². The predicted molar refractivity (Wildman–Crippen MR) is 81.9 cm³/mol. The Hall–Kier alpha value is -1.98. The van der Waals surface area contributed by atoms with Crippen molar-refractivity contribution in [3.63, 3.8) is 0 Å². The Bertz CT molecular complexity index is 496. The van der Waals surface area contributed by atoms with Crippen LogP contribution < -0.4 is 11.1 Å². The molecule has 2 atom stereocenters. The van der Waals surface area contributed by atoms with E-state index in [1.54, 1.807) is 23.8 Å². The van der Waals surface area contributed by atoms with Gasteiger partial charge in [-0.15, -0.1) is 0 Å². The third-order valence-corrected chi connectivity index (χ3v) is 3.23. The molecule has 0 radical (unpaired) electrons. The van der Waals surface area contributed by atoms with Gasteiger partial charge in [0.05, 0.1) is 5.69 Å². The van der Waals surface area contributed by atoms with Crippen LogP contribution in [-0.4, -0.2) is 28.6 Å². The van der Waals surface area contributed by atoms with Crippen LogP contribution in [0.1, 0.15) is 51.0 Å². The number of hydrogen-bond donors (Lipinski definition) is 2.